The zero-order valence-corrected chi connectivity index (χ0v) is 11.5. The van der Waals surface area contributed by atoms with Crippen LogP contribution in [0.15, 0.2) is 12.1 Å². The molecule has 0 unspecified atom stereocenters. The molecule has 0 heterocycles. The summed E-state index contributed by atoms with van der Waals surface area (Å²) in [7, 11) is 0. The molecule has 0 fully saturated rings. The van der Waals surface area contributed by atoms with Crippen molar-refractivity contribution in [1.29, 1.82) is 0 Å². The Morgan fingerprint density at radius 1 is 0.739 bits per heavy atom. The first kappa shape index (κ1) is 17.7. The molecule has 0 atom stereocenters. The number of hydrogen-bond donors (Lipinski definition) is 1. The second-order valence-electron chi connectivity index (χ2n) is 4.43. The number of nitrogens with one attached hydrogen (secondary N) is 1. The van der Waals surface area contributed by atoms with Crippen LogP contribution in [0.25, 0.3) is 0 Å². The standard InChI is InChI=1S/C10H11N5O8/c16-12(17)3-7-1-8(4-13(18)19)10(11-6-15(22)23)9(2-7)5-14(20)21/h1-2,11H,3-6H2. The summed E-state index contributed by atoms with van der Waals surface area (Å²) in [5.41, 5.74) is -0.265. The van der Waals surface area contributed by atoms with Gasteiger partial charge in [-0.3, -0.25) is 40.5 Å². The van der Waals surface area contributed by atoms with Gasteiger partial charge in [-0.2, -0.15) is 0 Å². The van der Waals surface area contributed by atoms with Crippen LogP contribution in [0.3, 0.4) is 0 Å². The van der Waals surface area contributed by atoms with E-state index in [-0.39, 0.29) is 22.4 Å². The third-order valence-corrected chi connectivity index (χ3v) is 2.66. The number of nitro groups is 4. The predicted octanol–water partition coefficient (Wildman–Crippen LogP) is 0.663. The van der Waals surface area contributed by atoms with Crippen molar-refractivity contribution in [3.63, 3.8) is 0 Å². The van der Waals surface area contributed by atoms with E-state index in [0.717, 1.165) is 12.1 Å². The Hall–Kier alpha value is -3.38. The lowest BCUT2D eigenvalue weighted by molar-refractivity contribution is -0.499. The van der Waals surface area contributed by atoms with E-state index in [1.165, 1.54) is 0 Å². The van der Waals surface area contributed by atoms with E-state index in [1.54, 1.807) is 0 Å². The van der Waals surface area contributed by atoms with Crippen LogP contribution in [0.5, 0.6) is 0 Å². The van der Waals surface area contributed by atoms with E-state index >= 15 is 0 Å². The average Bonchev–Trinajstić information content (AvgIpc) is 2.34. The van der Waals surface area contributed by atoms with E-state index in [2.05, 4.69) is 5.32 Å². The fourth-order valence-corrected chi connectivity index (χ4v) is 1.98. The van der Waals surface area contributed by atoms with Gasteiger partial charge in [-0.15, -0.1) is 0 Å². The van der Waals surface area contributed by atoms with Crippen LogP contribution in [0, 0.1) is 40.5 Å². The Morgan fingerprint density at radius 2 is 1.17 bits per heavy atom. The average molecular weight is 329 g/mol. The second-order valence-corrected chi connectivity index (χ2v) is 4.43. The van der Waals surface area contributed by atoms with E-state index < -0.39 is 46.0 Å². The SMILES string of the molecule is O=[N+]([O-])CNc1c(C[N+](=O)[O-])cc(C[N+](=O)[O-])cc1C[N+](=O)[O-]. The molecule has 0 saturated heterocycles. The minimum atomic E-state index is -0.802. The van der Waals surface area contributed by atoms with E-state index in [4.69, 9.17) is 0 Å². The molecule has 13 nitrogen and oxygen atoms in total. The molecule has 0 aromatic heterocycles. The van der Waals surface area contributed by atoms with Gasteiger partial charge in [0.25, 0.3) is 6.67 Å². The fourth-order valence-electron chi connectivity index (χ4n) is 1.98. The normalized spacial score (nSPS) is 10.1. The lowest BCUT2D eigenvalue weighted by Crippen LogP contribution is -2.17. The van der Waals surface area contributed by atoms with E-state index in [9.17, 15) is 40.5 Å². The summed E-state index contributed by atoms with van der Waals surface area (Å²) < 4.78 is 0. The second kappa shape index (κ2) is 7.58. The molecule has 0 bridgehead atoms. The molecule has 23 heavy (non-hydrogen) atoms. The molecule has 124 valence electrons. The van der Waals surface area contributed by atoms with Crippen LogP contribution in [0.1, 0.15) is 16.7 Å². The van der Waals surface area contributed by atoms with Gasteiger partial charge in [-0.05, 0) is 12.1 Å². The Bertz CT molecular complexity index is 624. The zero-order chi connectivity index (χ0) is 17.6. The van der Waals surface area contributed by atoms with Gasteiger partial charge in [0.1, 0.15) is 0 Å². The van der Waals surface area contributed by atoms with Crippen LogP contribution in [-0.4, -0.2) is 26.4 Å². The molecule has 0 amide bonds. The van der Waals surface area contributed by atoms with Crippen molar-refractivity contribution in [1.82, 2.24) is 0 Å². The lowest BCUT2D eigenvalue weighted by Gasteiger charge is -2.12. The molecule has 0 spiro atoms. The van der Waals surface area contributed by atoms with Gasteiger partial charge in [-0.1, -0.05) is 0 Å². The number of nitrogens with zero attached hydrogens (tertiary/aromatic N) is 4. The summed E-state index contributed by atoms with van der Waals surface area (Å²) in [6, 6.07) is 2.27. The highest BCUT2D eigenvalue weighted by Gasteiger charge is 2.20. The van der Waals surface area contributed by atoms with Crippen molar-refractivity contribution < 1.29 is 19.7 Å². The molecule has 1 aromatic rings. The molecule has 0 aliphatic rings. The van der Waals surface area contributed by atoms with Crippen LogP contribution in [-0.2, 0) is 19.6 Å². The van der Waals surface area contributed by atoms with Crippen molar-refractivity contribution in [3.8, 4) is 0 Å². The zero-order valence-electron chi connectivity index (χ0n) is 11.5. The molecule has 13 heteroatoms. The first-order valence-corrected chi connectivity index (χ1v) is 6.04. The van der Waals surface area contributed by atoms with Crippen LogP contribution in [0.4, 0.5) is 5.69 Å². The van der Waals surface area contributed by atoms with Crippen LogP contribution < -0.4 is 5.32 Å². The molecular formula is C10H11N5O8. The van der Waals surface area contributed by atoms with Crippen molar-refractivity contribution in [2.45, 2.75) is 19.6 Å². The quantitative estimate of drug-likeness (QED) is 0.386. The van der Waals surface area contributed by atoms with Crippen molar-refractivity contribution >= 4 is 5.69 Å². The molecule has 0 aliphatic heterocycles. The smallest absolute Gasteiger partial charge is 0.275 e. The van der Waals surface area contributed by atoms with Gasteiger partial charge in [0, 0.05) is 36.4 Å². The summed E-state index contributed by atoms with van der Waals surface area (Å²) in [5.74, 6) is 0. The topological polar surface area (TPSA) is 185 Å². The monoisotopic (exact) mass is 329 g/mol. The van der Waals surface area contributed by atoms with Gasteiger partial charge in [0.15, 0.2) is 0 Å². The number of benzene rings is 1. The number of hydrogen-bond acceptors (Lipinski definition) is 9. The van der Waals surface area contributed by atoms with Gasteiger partial charge in [-0.25, -0.2) is 0 Å². The summed E-state index contributed by atoms with van der Waals surface area (Å²) in [4.78, 5) is 39.5. The minimum absolute atomic E-state index is 0.0374. The fraction of sp³-hybridized carbons (Fsp3) is 0.400. The van der Waals surface area contributed by atoms with Crippen molar-refractivity contribution in [2.24, 2.45) is 0 Å². The molecule has 0 saturated carbocycles. The van der Waals surface area contributed by atoms with Crippen LogP contribution in [0.2, 0.25) is 0 Å². The van der Waals surface area contributed by atoms with E-state index in [0.29, 0.717) is 0 Å². The Kier molecular flexibility index (Phi) is 5.82. The third-order valence-electron chi connectivity index (χ3n) is 2.66. The highest BCUT2D eigenvalue weighted by atomic mass is 16.6. The molecule has 1 aromatic carbocycles. The van der Waals surface area contributed by atoms with Gasteiger partial charge >= 0.3 is 0 Å². The summed E-state index contributed by atoms with van der Waals surface area (Å²) in [6.07, 6.45) is 0. The van der Waals surface area contributed by atoms with E-state index in [1.807, 2.05) is 0 Å². The van der Waals surface area contributed by atoms with Gasteiger partial charge in [0.05, 0.1) is 5.69 Å². The molecule has 1 rings (SSSR count). The molecule has 1 N–H and O–H groups in total. The molecular weight excluding hydrogens is 318 g/mol. The molecule has 0 aliphatic carbocycles. The first-order chi connectivity index (χ1) is 10.7. The maximum Gasteiger partial charge on any atom is 0.275 e. The lowest BCUT2D eigenvalue weighted by atomic mass is 10.0. The summed E-state index contributed by atoms with van der Waals surface area (Å²) in [6.45, 7) is -3.04. The largest absolute Gasteiger partial charge is 0.325 e. The Morgan fingerprint density at radius 3 is 1.52 bits per heavy atom. The highest BCUT2D eigenvalue weighted by molar-refractivity contribution is 5.58. The predicted molar refractivity (Wildman–Crippen MR) is 74.0 cm³/mol. The van der Waals surface area contributed by atoms with Crippen LogP contribution >= 0.6 is 0 Å². The summed E-state index contributed by atoms with van der Waals surface area (Å²) >= 11 is 0. The number of rotatable bonds is 9. The van der Waals surface area contributed by atoms with Crippen molar-refractivity contribution in [2.75, 3.05) is 12.0 Å². The summed E-state index contributed by atoms with van der Waals surface area (Å²) in [5, 5.41) is 44.7. The molecule has 0 radical (unpaired) electrons. The number of anilines is 1. The highest BCUT2D eigenvalue weighted by Crippen LogP contribution is 2.25. The maximum absolute atomic E-state index is 10.7. The third kappa shape index (κ3) is 5.86. The Balaban J connectivity index is 3.37. The Labute approximate surface area is 127 Å². The van der Waals surface area contributed by atoms with Gasteiger partial charge < -0.3 is 5.32 Å². The van der Waals surface area contributed by atoms with Gasteiger partial charge in [0.2, 0.25) is 19.6 Å². The maximum atomic E-state index is 10.7. The minimum Gasteiger partial charge on any atom is -0.325 e. The first-order valence-electron chi connectivity index (χ1n) is 6.04. The van der Waals surface area contributed by atoms with Crippen molar-refractivity contribution in [3.05, 3.63) is 69.3 Å².